The number of nitrogens with zero attached hydrogens (tertiary/aromatic N) is 1. The molecule has 3 heteroatoms. The molecule has 0 aliphatic heterocycles. The molecule has 2 aromatic carbocycles. The zero-order valence-electron chi connectivity index (χ0n) is 14.4. The molecule has 2 aromatic rings. The van der Waals surface area contributed by atoms with Crippen LogP contribution in [0.1, 0.15) is 37.3 Å². The minimum atomic E-state index is 0.0909. The Morgan fingerprint density at radius 2 is 1.71 bits per heavy atom. The molecule has 0 radical (unpaired) electrons. The standard InChI is InChI=1S/C21H26N2O/c1-2-17-8-10-18(11-9-17)16-23(20-12-13-20)15-14-21(24)22-19-6-4-3-5-7-19/h3-11,20H,2,12-16H2,1H3,(H,22,24). The molecule has 1 aliphatic rings. The molecule has 1 N–H and O–H groups in total. The number of hydrogen-bond donors (Lipinski definition) is 1. The Kier molecular flexibility index (Phi) is 5.65. The van der Waals surface area contributed by atoms with Crippen molar-refractivity contribution in [2.75, 3.05) is 11.9 Å². The number of carbonyl (C=O) groups excluding carboxylic acids is 1. The van der Waals surface area contributed by atoms with Gasteiger partial charge in [0, 0.05) is 31.2 Å². The SMILES string of the molecule is CCc1ccc(CN(CCC(=O)Nc2ccccc2)C2CC2)cc1. The van der Waals surface area contributed by atoms with E-state index in [1.165, 1.54) is 24.0 Å². The normalized spacial score (nSPS) is 13.9. The molecule has 0 atom stereocenters. The number of hydrogen-bond acceptors (Lipinski definition) is 2. The van der Waals surface area contributed by atoms with Crippen LogP contribution in [-0.4, -0.2) is 23.4 Å². The van der Waals surface area contributed by atoms with Crippen LogP contribution in [-0.2, 0) is 17.8 Å². The first kappa shape index (κ1) is 16.7. The summed E-state index contributed by atoms with van der Waals surface area (Å²) in [6, 6.07) is 19.2. The average Bonchev–Trinajstić information content (AvgIpc) is 3.45. The summed E-state index contributed by atoms with van der Waals surface area (Å²) in [5, 5.41) is 2.97. The van der Waals surface area contributed by atoms with Crippen molar-refractivity contribution in [1.29, 1.82) is 0 Å². The van der Waals surface area contributed by atoms with Crippen LogP contribution in [0.4, 0.5) is 5.69 Å². The number of anilines is 1. The van der Waals surface area contributed by atoms with Crippen LogP contribution in [0.25, 0.3) is 0 Å². The van der Waals surface area contributed by atoms with Gasteiger partial charge in [-0.25, -0.2) is 0 Å². The van der Waals surface area contributed by atoms with Gasteiger partial charge in [0.05, 0.1) is 0 Å². The van der Waals surface area contributed by atoms with Crippen LogP contribution in [0, 0.1) is 0 Å². The van der Waals surface area contributed by atoms with E-state index in [1.54, 1.807) is 0 Å². The van der Waals surface area contributed by atoms with E-state index in [-0.39, 0.29) is 5.91 Å². The van der Waals surface area contributed by atoms with Gasteiger partial charge in [-0.05, 0) is 42.5 Å². The number of rotatable bonds is 8. The van der Waals surface area contributed by atoms with Crippen molar-refractivity contribution >= 4 is 11.6 Å². The zero-order chi connectivity index (χ0) is 16.8. The van der Waals surface area contributed by atoms with E-state index in [4.69, 9.17) is 0 Å². The summed E-state index contributed by atoms with van der Waals surface area (Å²) >= 11 is 0. The van der Waals surface area contributed by atoms with Crippen molar-refractivity contribution in [3.63, 3.8) is 0 Å². The van der Waals surface area contributed by atoms with Gasteiger partial charge in [-0.3, -0.25) is 9.69 Å². The van der Waals surface area contributed by atoms with E-state index in [9.17, 15) is 4.79 Å². The second-order valence-electron chi connectivity index (χ2n) is 6.54. The molecule has 1 amide bonds. The molecule has 0 bridgehead atoms. The van der Waals surface area contributed by atoms with Crippen molar-refractivity contribution in [3.8, 4) is 0 Å². The molecule has 0 heterocycles. The van der Waals surface area contributed by atoms with Crippen molar-refractivity contribution in [1.82, 2.24) is 4.90 Å². The second-order valence-corrected chi connectivity index (χ2v) is 6.54. The first-order chi connectivity index (χ1) is 11.7. The van der Waals surface area contributed by atoms with Gasteiger partial charge in [0.15, 0.2) is 0 Å². The Bertz CT molecular complexity index is 647. The molecule has 0 aromatic heterocycles. The zero-order valence-corrected chi connectivity index (χ0v) is 14.4. The first-order valence-corrected chi connectivity index (χ1v) is 8.91. The number of nitrogens with one attached hydrogen (secondary N) is 1. The fourth-order valence-electron chi connectivity index (χ4n) is 2.94. The number of carbonyl (C=O) groups is 1. The van der Waals surface area contributed by atoms with E-state index in [1.807, 2.05) is 30.3 Å². The number of benzene rings is 2. The fourth-order valence-corrected chi connectivity index (χ4v) is 2.94. The highest BCUT2D eigenvalue weighted by molar-refractivity contribution is 5.90. The molecular weight excluding hydrogens is 296 g/mol. The van der Waals surface area contributed by atoms with Crippen molar-refractivity contribution < 1.29 is 4.79 Å². The third kappa shape index (κ3) is 4.93. The smallest absolute Gasteiger partial charge is 0.225 e. The maximum Gasteiger partial charge on any atom is 0.225 e. The molecule has 24 heavy (non-hydrogen) atoms. The van der Waals surface area contributed by atoms with Crippen molar-refractivity contribution in [2.45, 2.75) is 45.2 Å². The van der Waals surface area contributed by atoms with Gasteiger partial charge in [-0.2, -0.15) is 0 Å². The number of aryl methyl sites for hydroxylation is 1. The summed E-state index contributed by atoms with van der Waals surface area (Å²) in [6.07, 6.45) is 4.13. The van der Waals surface area contributed by atoms with Gasteiger partial charge in [-0.15, -0.1) is 0 Å². The van der Waals surface area contributed by atoms with E-state index in [2.05, 4.69) is 41.4 Å². The molecule has 0 saturated heterocycles. The van der Waals surface area contributed by atoms with Gasteiger partial charge in [0.1, 0.15) is 0 Å². The highest BCUT2D eigenvalue weighted by atomic mass is 16.1. The highest BCUT2D eigenvalue weighted by Crippen LogP contribution is 2.28. The van der Waals surface area contributed by atoms with E-state index >= 15 is 0 Å². The van der Waals surface area contributed by atoms with Crippen molar-refractivity contribution in [3.05, 3.63) is 65.7 Å². The highest BCUT2D eigenvalue weighted by Gasteiger charge is 2.29. The van der Waals surface area contributed by atoms with E-state index in [0.717, 1.165) is 25.2 Å². The molecule has 1 aliphatic carbocycles. The Morgan fingerprint density at radius 3 is 2.33 bits per heavy atom. The largest absolute Gasteiger partial charge is 0.326 e. The van der Waals surface area contributed by atoms with Crippen LogP contribution in [0.5, 0.6) is 0 Å². The van der Waals surface area contributed by atoms with Gasteiger partial charge in [-0.1, -0.05) is 49.4 Å². The van der Waals surface area contributed by atoms with Crippen LogP contribution in [0.15, 0.2) is 54.6 Å². The van der Waals surface area contributed by atoms with Crippen LogP contribution in [0.2, 0.25) is 0 Å². The molecule has 1 fully saturated rings. The van der Waals surface area contributed by atoms with Gasteiger partial charge in [0.2, 0.25) is 5.91 Å². The topological polar surface area (TPSA) is 32.3 Å². The lowest BCUT2D eigenvalue weighted by atomic mass is 10.1. The maximum atomic E-state index is 12.2. The quantitative estimate of drug-likeness (QED) is 0.788. The predicted molar refractivity (Wildman–Crippen MR) is 98.9 cm³/mol. The summed E-state index contributed by atoms with van der Waals surface area (Å²) in [6.45, 7) is 3.93. The summed E-state index contributed by atoms with van der Waals surface area (Å²) in [4.78, 5) is 14.6. The fraction of sp³-hybridized carbons (Fsp3) is 0.381. The van der Waals surface area contributed by atoms with E-state index < -0.39 is 0 Å². The minimum absolute atomic E-state index is 0.0909. The molecule has 3 nitrogen and oxygen atoms in total. The molecule has 1 saturated carbocycles. The van der Waals surface area contributed by atoms with Crippen LogP contribution in [0.3, 0.4) is 0 Å². The summed E-state index contributed by atoms with van der Waals surface area (Å²) in [7, 11) is 0. The number of para-hydroxylation sites is 1. The minimum Gasteiger partial charge on any atom is -0.326 e. The van der Waals surface area contributed by atoms with Gasteiger partial charge >= 0.3 is 0 Å². The summed E-state index contributed by atoms with van der Waals surface area (Å²) in [5.41, 5.74) is 3.58. The Hall–Kier alpha value is -2.13. The molecule has 126 valence electrons. The Balaban J connectivity index is 1.51. The molecule has 3 rings (SSSR count). The number of amides is 1. The van der Waals surface area contributed by atoms with Crippen molar-refractivity contribution in [2.24, 2.45) is 0 Å². The van der Waals surface area contributed by atoms with Gasteiger partial charge < -0.3 is 5.32 Å². The molecular formula is C21H26N2O. The lowest BCUT2D eigenvalue weighted by molar-refractivity contribution is -0.116. The second kappa shape index (κ2) is 8.11. The van der Waals surface area contributed by atoms with Crippen LogP contribution >= 0.6 is 0 Å². The lowest BCUT2D eigenvalue weighted by Gasteiger charge is -2.22. The summed E-state index contributed by atoms with van der Waals surface area (Å²) < 4.78 is 0. The lowest BCUT2D eigenvalue weighted by Crippen LogP contribution is -2.29. The van der Waals surface area contributed by atoms with Gasteiger partial charge in [0.25, 0.3) is 0 Å². The van der Waals surface area contributed by atoms with E-state index in [0.29, 0.717) is 12.5 Å². The third-order valence-corrected chi connectivity index (χ3v) is 4.56. The maximum absolute atomic E-state index is 12.2. The predicted octanol–water partition coefficient (Wildman–Crippen LogP) is 4.24. The molecule has 0 spiro atoms. The first-order valence-electron chi connectivity index (χ1n) is 8.91. The average molecular weight is 322 g/mol. The Labute approximate surface area is 144 Å². The van der Waals surface area contributed by atoms with Crippen LogP contribution < -0.4 is 5.32 Å². The Morgan fingerprint density at radius 1 is 1.04 bits per heavy atom. The summed E-state index contributed by atoms with van der Waals surface area (Å²) in [5.74, 6) is 0.0909. The molecule has 0 unspecified atom stereocenters. The monoisotopic (exact) mass is 322 g/mol. The third-order valence-electron chi connectivity index (χ3n) is 4.56.